The van der Waals surface area contributed by atoms with E-state index in [2.05, 4.69) is 15.2 Å². The second kappa shape index (κ2) is 8.25. The Morgan fingerprint density at radius 3 is 2.75 bits per heavy atom. The van der Waals surface area contributed by atoms with Crippen molar-refractivity contribution in [1.82, 2.24) is 14.9 Å². The zero-order valence-corrected chi connectivity index (χ0v) is 15.6. The molecule has 1 aliphatic heterocycles. The number of para-hydroxylation sites is 1. The first-order valence-electron chi connectivity index (χ1n) is 9.53. The second-order valence-electron chi connectivity index (χ2n) is 7.10. The molecule has 5 nitrogen and oxygen atoms in total. The number of carbonyl (C=O) groups is 1. The van der Waals surface area contributed by atoms with Gasteiger partial charge in [0.1, 0.15) is 18.2 Å². The summed E-state index contributed by atoms with van der Waals surface area (Å²) in [5.74, 6) is 0.863. The number of imidazole rings is 1. The first-order valence-corrected chi connectivity index (χ1v) is 9.53. The Morgan fingerprint density at radius 1 is 1.14 bits per heavy atom. The molecule has 0 saturated carbocycles. The highest BCUT2D eigenvalue weighted by molar-refractivity contribution is 5.76. The molecule has 2 heterocycles. The molecular weight excluding hydrogens is 355 g/mol. The number of amides is 1. The molecule has 6 heteroatoms. The van der Waals surface area contributed by atoms with E-state index in [1.54, 1.807) is 18.3 Å². The largest absolute Gasteiger partial charge is 0.369 e. The summed E-state index contributed by atoms with van der Waals surface area (Å²) < 4.78 is 15.8. The zero-order valence-electron chi connectivity index (χ0n) is 15.6. The minimum absolute atomic E-state index is 0.0421. The molecule has 28 heavy (non-hydrogen) atoms. The monoisotopic (exact) mass is 378 g/mol. The van der Waals surface area contributed by atoms with Crippen LogP contribution in [0.3, 0.4) is 0 Å². The van der Waals surface area contributed by atoms with Gasteiger partial charge in [-0.1, -0.05) is 42.5 Å². The van der Waals surface area contributed by atoms with Gasteiger partial charge in [0.25, 0.3) is 0 Å². The van der Waals surface area contributed by atoms with Crippen LogP contribution < -0.4 is 10.2 Å². The highest BCUT2D eigenvalue weighted by atomic mass is 19.1. The van der Waals surface area contributed by atoms with Crippen molar-refractivity contribution in [3.05, 3.63) is 72.8 Å². The predicted molar refractivity (Wildman–Crippen MR) is 107 cm³/mol. The number of rotatable bonds is 6. The summed E-state index contributed by atoms with van der Waals surface area (Å²) in [6.07, 6.45) is 4.46. The maximum Gasteiger partial charge on any atom is 0.240 e. The second-order valence-corrected chi connectivity index (χ2v) is 7.10. The molecule has 0 radical (unpaired) electrons. The number of hydrogen-bond acceptors (Lipinski definition) is 3. The van der Waals surface area contributed by atoms with E-state index in [1.165, 1.54) is 6.07 Å². The fraction of sp³-hybridized carbons (Fsp3) is 0.273. The Balaban J connectivity index is 1.30. The van der Waals surface area contributed by atoms with Gasteiger partial charge in [0.15, 0.2) is 0 Å². The van der Waals surface area contributed by atoms with E-state index < -0.39 is 0 Å². The summed E-state index contributed by atoms with van der Waals surface area (Å²) in [5.41, 5.74) is 1.62. The molecular formula is C22H23FN4O. The molecule has 1 amide bonds. The Labute approximate surface area is 163 Å². The van der Waals surface area contributed by atoms with Crippen molar-refractivity contribution in [2.75, 3.05) is 24.5 Å². The molecule has 1 aromatic heterocycles. The smallest absolute Gasteiger partial charge is 0.240 e. The number of hydrogen-bond donors (Lipinski definition) is 1. The Hall–Kier alpha value is -3.15. The minimum Gasteiger partial charge on any atom is -0.369 e. The lowest BCUT2D eigenvalue weighted by molar-refractivity contribution is -0.121. The number of carbonyl (C=O) groups excluding carboxylic acids is 1. The lowest BCUT2D eigenvalue weighted by Crippen LogP contribution is -2.33. The van der Waals surface area contributed by atoms with Gasteiger partial charge in [-0.05, 0) is 24.5 Å². The quantitative estimate of drug-likeness (QED) is 0.716. The molecule has 144 valence electrons. The number of nitrogens with zero attached hydrogens (tertiary/aromatic N) is 3. The Kier molecular flexibility index (Phi) is 5.37. The van der Waals surface area contributed by atoms with Gasteiger partial charge in [-0.15, -0.1) is 0 Å². The van der Waals surface area contributed by atoms with Crippen LogP contribution in [0.15, 0.2) is 67.0 Å². The summed E-state index contributed by atoms with van der Waals surface area (Å²) >= 11 is 0. The minimum atomic E-state index is -0.194. The third-order valence-electron chi connectivity index (χ3n) is 5.13. The first-order chi connectivity index (χ1) is 13.7. The van der Waals surface area contributed by atoms with Crippen molar-refractivity contribution in [2.24, 2.45) is 5.92 Å². The lowest BCUT2D eigenvalue weighted by atomic mass is 10.1. The van der Waals surface area contributed by atoms with Crippen LogP contribution in [-0.4, -0.2) is 35.1 Å². The zero-order chi connectivity index (χ0) is 19.3. The van der Waals surface area contributed by atoms with Crippen LogP contribution in [0.25, 0.3) is 11.4 Å². The fourth-order valence-electron chi connectivity index (χ4n) is 3.68. The van der Waals surface area contributed by atoms with Crippen molar-refractivity contribution < 1.29 is 9.18 Å². The molecule has 2 aromatic carbocycles. The van der Waals surface area contributed by atoms with Crippen LogP contribution in [0.5, 0.6) is 0 Å². The van der Waals surface area contributed by atoms with Gasteiger partial charge in [-0.25, -0.2) is 9.37 Å². The van der Waals surface area contributed by atoms with Gasteiger partial charge in [0, 0.05) is 37.6 Å². The summed E-state index contributed by atoms with van der Waals surface area (Å²) in [5, 5.41) is 3.02. The van der Waals surface area contributed by atoms with Gasteiger partial charge in [0.05, 0.1) is 5.69 Å². The SMILES string of the molecule is O=C(Cn1ccnc1-c1ccccc1)NC[C@@H]1CCN(c2ccccc2F)C1. The van der Waals surface area contributed by atoms with Crippen molar-refractivity contribution in [3.63, 3.8) is 0 Å². The maximum absolute atomic E-state index is 14.0. The molecule has 1 saturated heterocycles. The Morgan fingerprint density at radius 2 is 1.93 bits per heavy atom. The molecule has 4 rings (SSSR count). The average Bonchev–Trinajstić information content (AvgIpc) is 3.37. The number of halogens is 1. The molecule has 1 fully saturated rings. The van der Waals surface area contributed by atoms with E-state index >= 15 is 0 Å². The van der Waals surface area contributed by atoms with Crippen molar-refractivity contribution in [3.8, 4) is 11.4 Å². The van der Waals surface area contributed by atoms with Crippen molar-refractivity contribution >= 4 is 11.6 Å². The van der Waals surface area contributed by atoms with E-state index in [4.69, 9.17) is 0 Å². The van der Waals surface area contributed by atoms with Gasteiger partial charge < -0.3 is 14.8 Å². The van der Waals surface area contributed by atoms with Crippen LogP contribution >= 0.6 is 0 Å². The van der Waals surface area contributed by atoms with Gasteiger partial charge in [-0.2, -0.15) is 0 Å². The number of anilines is 1. The maximum atomic E-state index is 14.0. The highest BCUT2D eigenvalue weighted by Gasteiger charge is 2.24. The summed E-state index contributed by atoms with van der Waals surface area (Å²) in [7, 11) is 0. The fourth-order valence-corrected chi connectivity index (χ4v) is 3.68. The topological polar surface area (TPSA) is 50.2 Å². The lowest BCUT2D eigenvalue weighted by Gasteiger charge is -2.19. The number of benzene rings is 2. The van der Waals surface area contributed by atoms with E-state index in [9.17, 15) is 9.18 Å². The predicted octanol–water partition coefficient (Wildman–Crippen LogP) is 3.33. The van der Waals surface area contributed by atoms with Crippen LogP contribution in [0.2, 0.25) is 0 Å². The van der Waals surface area contributed by atoms with Crippen LogP contribution in [0.4, 0.5) is 10.1 Å². The van der Waals surface area contributed by atoms with Crippen LogP contribution in [0.1, 0.15) is 6.42 Å². The van der Waals surface area contributed by atoms with Gasteiger partial charge in [-0.3, -0.25) is 4.79 Å². The number of aromatic nitrogens is 2. The standard InChI is InChI=1S/C22H23FN4O/c23-19-8-4-5-9-20(19)26-12-10-17(15-26)14-25-21(28)16-27-13-11-24-22(27)18-6-2-1-3-7-18/h1-9,11,13,17H,10,12,14-16H2,(H,25,28)/t17-/m0/s1. The third-order valence-corrected chi connectivity index (χ3v) is 5.13. The number of nitrogens with one attached hydrogen (secondary N) is 1. The normalized spacial score (nSPS) is 16.3. The van der Waals surface area contributed by atoms with Crippen LogP contribution in [-0.2, 0) is 11.3 Å². The molecule has 0 aliphatic carbocycles. The molecule has 1 N–H and O–H groups in total. The van der Waals surface area contributed by atoms with E-state index in [1.807, 2.05) is 47.2 Å². The van der Waals surface area contributed by atoms with E-state index in [0.29, 0.717) is 18.2 Å². The average molecular weight is 378 g/mol. The van der Waals surface area contributed by atoms with Crippen LogP contribution in [0, 0.1) is 11.7 Å². The van der Waals surface area contributed by atoms with Crippen molar-refractivity contribution in [2.45, 2.75) is 13.0 Å². The molecule has 0 bridgehead atoms. The third kappa shape index (κ3) is 4.06. The highest BCUT2D eigenvalue weighted by Crippen LogP contribution is 2.25. The molecule has 1 atom stereocenters. The van der Waals surface area contributed by atoms with Gasteiger partial charge >= 0.3 is 0 Å². The van der Waals surface area contributed by atoms with Gasteiger partial charge in [0.2, 0.25) is 5.91 Å². The van der Waals surface area contributed by atoms with Crippen molar-refractivity contribution in [1.29, 1.82) is 0 Å². The van der Waals surface area contributed by atoms with E-state index in [-0.39, 0.29) is 18.3 Å². The van der Waals surface area contributed by atoms with E-state index in [0.717, 1.165) is 30.9 Å². The molecule has 0 unspecified atom stereocenters. The molecule has 0 spiro atoms. The first kappa shape index (κ1) is 18.2. The molecule has 3 aromatic rings. The molecule has 1 aliphatic rings. The summed E-state index contributed by atoms with van der Waals surface area (Å²) in [6.45, 7) is 2.38. The summed E-state index contributed by atoms with van der Waals surface area (Å²) in [6, 6.07) is 16.7. The Bertz CT molecular complexity index is 940. The summed E-state index contributed by atoms with van der Waals surface area (Å²) in [4.78, 5) is 18.8.